The number of amides is 2. The summed E-state index contributed by atoms with van der Waals surface area (Å²) in [7, 11) is 1.80. The van der Waals surface area contributed by atoms with E-state index in [-0.39, 0.29) is 29.7 Å². The Morgan fingerprint density at radius 2 is 1.93 bits per heavy atom. The maximum atomic E-state index is 12.6. The monoisotopic (exact) mass is 412 g/mol. The van der Waals surface area contributed by atoms with Crippen molar-refractivity contribution in [2.45, 2.75) is 31.4 Å². The van der Waals surface area contributed by atoms with Gasteiger partial charge in [0, 0.05) is 26.3 Å². The number of hydrogen-bond acceptors (Lipinski definition) is 5. The first-order chi connectivity index (χ1) is 14.5. The van der Waals surface area contributed by atoms with E-state index in [0.29, 0.717) is 44.7 Å². The van der Waals surface area contributed by atoms with E-state index in [2.05, 4.69) is 10.3 Å². The quantitative estimate of drug-likeness (QED) is 0.744. The molecule has 8 nitrogen and oxygen atoms in total. The molecule has 1 saturated heterocycles. The van der Waals surface area contributed by atoms with E-state index in [1.807, 2.05) is 35.2 Å². The van der Waals surface area contributed by atoms with Crippen LogP contribution in [0.5, 0.6) is 5.75 Å². The summed E-state index contributed by atoms with van der Waals surface area (Å²) < 4.78 is 7.35. The molecule has 1 saturated carbocycles. The van der Waals surface area contributed by atoms with Crippen molar-refractivity contribution < 1.29 is 19.4 Å². The Kier molecular flexibility index (Phi) is 6.03. The highest BCUT2D eigenvalue weighted by atomic mass is 16.5. The van der Waals surface area contributed by atoms with Gasteiger partial charge < -0.3 is 24.6 Å². The second-order valence-electron chi connectivity index (χ2n) is 8.27. The lowest BCUT2D eigenvalue weighted by Gasteiger charge is -2.35. The molecular weight excluding hydrogens is 384 g/mol. The van der Waals surface area contributed by atoms with Gasteiger partial charge in [0.2, 0.25) is 5.91 Å². The molecule has 2 heterocycles. The van der Waals surface area contributed by atoms with Crippen molar-refractivity contribution in [3.05, 3.63) is 48.5 Å². The third-order valence-electron chi connectivity index (χ3n) is 6.08. The van der Waals surface area contributed by atoms with E-state index in [4.69, 9.17) is 4.74 Å². The molecule has 1 aliphatic carbocycles. The van der Waals surface area contributed by atoms with Gasteiger partial charge in [-0.15, -0.1) is 0 Å². The average molecular weight is 412 g/mol. The van der Waals surface area contributed by atoms with Gasteiger partial charge in [0.25, 0.3) is 5.91 Å². The van der Waals surface area contributed by atoms with Gasteiger partial charge >= 0.3 is 0 Å². The summed E-state index contributed by atoms with van der Waals surface area (Å²) in [5.74, 6) is 1.10. The number of aryl methyl sites for hydroxylation is 1. The second-order valence-corrected chi connectivity index (χ2v) is 8.27. The van der Waals surface area contributed by atoms with Crippen LogP contribution in [0.1, 0.15) is 29.8 Å². The smallest absolute Gasteiger partial charge is 0.271 e. The van der Waals surface area contributed by atoms with Gasteiger partial charge in [-0.2, -0.15) is 0 Å². The van der Waals surface area contributed by atoms with E-state index in [1.165, 1.54) is 0 Å². The molecule has 2 amide bonds. The molecule has 2 aliphatic rings. The number of fused-ring (bicyclic) bond motifs is 1. The summed E-state index contributed by atoms with van der Waals surface area (Å²) >= 11 is 0. The van der Waals surface area contributed by atoms with Crippen LogP contribution in [0.3, 0.4) is 0 Å². The molecule has 160 valence electrons. The number of ether oxygens (including phenoxy) is 1. The fourth-order valence-corrected chi connectivity index (χ4v) is 4.49. The van der Waals surface area contributed by atoms with Crippen LogP contribution in [0.25, 0.3) is 0 Å². The number of hydrogen-bond donors (Lipinski definition) is 2. The van der Waals surface area contributed by atoms with Gasteiger partial charge in [-0.25, -0.2) is 4.98 Å². The number of carbonyl (C=O) groups is 2. The Morgan fingerprint density at radius 1 is 1.20 bits per heavy atom. The molecule has 0 unspecified atom stereocenters. The number of imidazole rings is 1. The molecule has 1 aromatic heterocycles. The van der Waals surface area contributed by atoms with Crippen LogP contribution < -0.4 is 10.1 Å². The van der Waals surface area contributed by atoms with Crippen molar-refractivity contribution in [3.63, 3.8) is 0 Å². The predicted octanol–water partition coefficient (Wildman–Crippen LogP) is 1.22. The minimum Gasteiger partial charge on any atom is -0.493 e. The van der Waals surface area contributed by atoms with E-state index >= 15 is 0 Å². The largest absolute Gasteiger partial charge is 0.493 e. The van der Waals surface area contributed by atoms with Gasteiger partial charge in [-0.1, -0.05) is 18.2 Å². The molecule has 4 rings (SSSR count). The molecule has 2 aromatic rings. The Hall–Kier alpha value is -2.87. The molecule has 0 bridgehead atoms. The summed E-state index contributed by atoms with van der Waals surface area (Å²) in [4.78, 5) is 30.9. The van der Waals surface area contributed by atoms with E-state index in [1.54, 1.807) is 24.1 Å². The molecule has 0 spiro atoms. The Labute approximate surface area is 175 Å². The van der Waals surface area contributed by atoms with Crippen molar-refractivity contribution in [1.29, 1.82) is 0 Å². The van der Waals surface area contributed by atoms with Crippen LogP contribution >= 0.6 is 0 Å². The van der Waals surface area contributed by atoms with Gasteiger partial charge in [-0.05, 0) is 36.8 Å². The highest BCUT2D eigenvalue weighted by Crippen LogP contribution is 2.36. The summed E-state index contributed by atoms with van der Waals surface area (Å²) in [6.45, 7) is 1.67. The number of likely N-dealkylation sites (tertiary alicyclic amines) is 1. The van der Waals surface area contributed by atoms with Crippen LogP contribution in [-0.4, -0.2) is 63.2 Å². The number of carbonyl (C=O) groups excluding carboxylic acids is 2. The molecule has 1 aliphatic heterocycles. The summed E-state index contributed by atoms with van der Waals surface area (Å²) in [6.07, 6.45) is 4.19. The number of benzene rings is 1. The van der Waals surface area contributed by atoms with Crippen LogP contribution in [0, 0.1) is 11.8 Å². The number of para-hydroxylation sites is 1. The minimum atomic E-state index is -0.615. The fraction of sp³-hybridized carbons (Fsp3) is 0.500. The zero-order valence-corrected chi connectivity index (χ0v) is 17.1. The highest BCUT2D eigenvalue weighted by Gasteiger charge is 2.43. The Bertz CT molecular complexity index is 884. The number of aliphatic hydroxyl groups is 1. The minimum absolute atomic E-state index is 0.0730. The average Bonchev–Trinajstić information content (AvgIpc) is 3.35. The molecule has 8 heteroatoms. The fourth-order valence-electron chi connectivity index (χ4n) is 4.49. The van der Waals surface area contributed by atoms with Gasteiger partial charge in [-0.3, -0.25) is 9.59 Å². The van der Waals surface area contributed by atoms with E-state index in [9.17, 15) is 14.7 Å². The zero-order chi connectivity index (χ0) is 21.1. The van der Waals surface area contributed by atoms with Crippen LogP contribution in [-0.2, 0) is 11.8 Å². The zero-order valence-electron chi connectivity index (χ0n) is 17.1. The first kappa shape index (κ1) is 20.4. The van der Waals surface area contributed by atoms with Crippen LogP contribution in [0.2, 0.25) is 0 Å². The van der Waals surface area contributed by atoms with Crippen molar-refractivity contribution >= 4 is 11.8 Å². The van der Waals surface area contributed by atoms with Gasteiger partial charge in [0.05, 0.1) is 31.5 Å². The maximum absolute atomic E-state index is 12.6. The first-order valence-corrected chi connectivity index (χ1v) is 10.4. The number of nitrogens with one attached hydrogen (secondary N) is 1. The topological polar surface area (TPSA) is 96.7 Å². The second kappa shape index (κ2) is 8.87. The van der Waals surface area contributed by atoms with Crippen LogP contribution in [0.4, 0.5) is 0 Å². The summed E-state index contributed by atoms with van der Waals surface area (Å²) in [5.41, 5.74) is 0.341. The summed E-state index contributed by atoms with van der Waals surface area (Å²) in [6, 6.07) is 9.14. The molecular formula is C22H28N4O4. The lowest BCUT2D eigenvalue weighted by Crippen LogP contribution is -2.49. The van der Waals surface area contributed by atoms with Crippen molar-refractivity contribution in [1.82, 2.24) is 19.8 Å². The molecule has 2 fully saturated rings. The predicted molar refractivity (Wildman–Crippen MR) is 110 cm³/mol. The number of aliphatic hydroxyl groups excluding tert-OH is 1. The molecule has 4 atom stereocenters. The molecule has 0 radical (unpaired) electrons. The van der Waals surface area contributed by atoms with Gasteiger partial charge in [0.15, 0.2) is 0 Å². The standard InChI is InChI=1S/C22H28N4O4/c1-25-13-19(23-14-25)22(29)24-18-9-15-11-26(12-16(15)10-20(18)27)21(28)7-8-30-17-5-3-2-4-6-17/h2-6,13-16,18,20,27H,7-12H2,1H3,(H,24,29)/t15-,16+,18-,20-/m0/s1. The normalized spacial score (nSPS) is 25.6. The lowest BCUT2D eigenvalue weighted by molar-refractivity contribution is -0.130. The number of aromatic nitrogens is 2. The van der Waals surface area contributed by atoms with Crippen molar-refractivity contribution in [3.8, 4) is 5.75 Å². The molecule has 2 N–H and O–H groups in total. The molecule has 30 heavy (non-hydrogen) atoms. The van der Waals surface area contributed by atoms with E-state index < -0.39 is 6.10 Å². The van der Waals surface area contributed by atoms with Crippen molar-refractivity contribution in [2.24, 2.45) is 18.9 Å². The Balaban J connectivity index is 1.27. The lowest BCUT2D eigenvalue weighted by atomic mass is 9.77. The van der Waals surface area contributed by atoms with Gasteiger partial charge in [0.1, 0.15) is 11.4 Å². The van der Waals surface area contributed by atoms with E-state index in [0.717, 1.165) is 5.75 Å². The maximum Gasteiger partial charge on any atom is 0.271 e. The number of rotatable bonds is 6. The third-order valence-corrected chi connectivity index (χ3v) is 6.08. The first-order valence-electron chi connectivity index (χ1n) is 10.4. The summed E-state index contributed by atoms with van der Waals surface area (Å²) in [5, 5.41) is 13.5. The SMILES string of the molecule is Cn1cnc(C(=O)N[C@H]2C[C@H]3CN(C(=O)CCOc4ccccc4)C[C@H]3C[C@@H]2O)c1. The molecule has 1 aromatic carbocycles. The Morgan fingerprint density at radius 3 is 2.63 bits per heavy atom. The highest BCUT2D eigenvalue weighted by molar-refractivity contribution is 5.92. The van der Waals surface area contributed by atoms with Crippen molar-refractivity contribution in [2.75, 3.05) is 19.7 Å². The number of nitrogens with zero attached hydrogens (tertiary/aromatic N) is 3. The third kappa shape index (κ3) is 4.64. The van der Waals surface area contributed by atoms with Crippen LogP contribution in [0.15, 0.2) is 42.9 Å².